The Bertz CT molecular complexity index is 1400. The molecule has 0 saturated heterocycles. The van der Waals surface area contributed by atoms with Gasteiger partial charge < -0.3 is 15.0 Å². The second-order valence-electron chi connectivity index (χ2n) is 8.29. The van der Waals surface area contributed by atoms with E-state index >= 15 is 0 Å². The molecule has 0 saturated carbocycles. The minimum absolute atomic E-state index is 0.0199. The summed E-state index contributed by atoms with van der Waals surface area (Å²) in [4.78, 5) is 27.6. The Hall–Kier alpha value is -4.25. The number of nitrogens with one attached hydrogen (secondary N) is 1. The maximum Gasteiger partial charge on any atom is 0.276 e. The molecule has 0 spiro atoms. The third-order valence-electron chi connectivity index (χ3n) is 5.72. The molecule has 184 valence electrons. The first-order valence-electron chi connectivity index (χ1n) is 11.3. The standard InChI is InChI=1S/C24H23ClN8O3/c1-16-23(28-30-33(16)20-8-6-18(25)7-9-20)24(35)31-12-17-4-2-3-5-21(17)36-11-10-26-22(34)15-32-14-19(13-31)27-29-32/h2-9,14H,10-13,15H2,1H3,(H,26,34). The van der Waals surface area contributed by atoms with Gasteiger partial charge in [-0.25, -0.2) is 9.36 Å². The van der Waals surface area contributed by atoms with Gasteiger partial charge in [0.15, 0.2) is 5.69 Å². The number of hydrogen-bond acceptors (Lipinski definition) is 7. The van der Waals surface area contributed by atoms with Gasteiger partial charge >= 0.3 is 0 Å². The Labute approximate surface area is 211 Å². The zero-order valence-corrected chi connectivity index (χ0v) is 20.2. The van der Waals surface area contributed by atoms with Crippen molar-refractivity contribution in [2.45, 2.75) is 26.6 Å². The number of para-hydroxylation sites is 1. The molecule has 4 aromatic rings. The molecule has 5 rings (SSSR count). The summed E-state index contributed by atoms with van der Waals surface area (Å²) >= 11 is 6.01. The molecule has 11 nitrogen and oxygen atoms in total. The van der Waals surface area contributed by atoms with E-state index in [2.05, 4.69) is 25.9 Å². The summed E-state index contributed by atoms with van der Waals surface area (Å²) in [5, 5.41) is 20.0. The van der Waals surface area contributed by atoms with Crippen molar-refractivity contribution in [3.8, 4) is 11.4 Å². The zero-order chi connectivity index (χ0) is 25.1. The topological polar surface area (TPSA) is 120 Å². The quantitative estimate of drug-likeness (QED) is 0.442. The van der Waals surface area contributed by atoms with Gasteiger partial charge in [0.1, 0.15) is 24.6 Å². The van der Waals surface area contributed by atoms with Gasteiger partial charge in [-0.15, -0.1) is 10.2 Å². The van der Waals surface area contributed by atoms with Crippen LogP contribution in [0, 0.1) is 6.92 Å². The summed E-state index contributed by atoms with van der Waals surface area (Å²) in [7, 11) is 0. The van der Waals surface area contributed by atoms with Crippen LogP contribution < -0.4 is 10.1 Å². The van der Waals surface area contributed by atoms with E-state index in [0.29, 0.717) is 28.7 Å². The fourth-order valence-corrected chi connectivity index (χ4v) is 4.05. The second-order valence-corrected chi connectivity index (χ2v) is 8.72. The lowest BCUT2D eigenvalue weighted by molar-refractivity contribution is -0.122. The van der Waals surface area contributed by atoms with Crippen LogP contribution in [0.1, 0.15) is 27.4 Å². The number of benzene rings is 2. The van der Waals surface area contributed by atoms with Crippen molar-refractivity contribution in [1.29, 1.82) is 0 Å². The van der Waals surface area contributed by atoms with E-state index in [9.17, 15) is 9.59 Å². The number of fused-ring (bicyclic) bond motifs is 3. The number of nitrogens with zero attached hydrogens (tertiary/aromatic N) is 7. The highest BCUT2D eigenvalue weighted by molar-refractivity contribution is 6.30. The Morgan fingerprint density at radius 2 is 1.83 bits per heavy atom. The number of aromatic nitrogens is 6. The van der Waals surface area contributed by atoms with Crippen molar-refractivity contribution < 1.29 is 14.3 Å². The third-order valence-corrected chi connectivity index (χ3v) is 5.97. The molecule has 3 heterocycles. The molecule has 1 aliphatic heterocycles. The van der Waals surface area contributed by atoms with E-state index in [1.54, 1.807) is 34.8 Å². The van der Waals surface area contributed by atoms with Crippen LogP contribution in [0.25, 0.3) is 5.69 Å². The Morgan fingerprint density at radius 1 is 1.03 bits per heavy atom. The van der Waals surface area contributed by atoms with Gasteiger partial charge in [-0.2, -0.15) is 0 Å². The van der Waals surface area contributed by atoms with Gasteiger partial charge in [0.25, 0.3) is 5.91 Å². The summed E-state index contributed by atoms with van der Waals surface area (Å²) in [6.45, 7) is 2.84. The number of carbonyl (C=O) groups is 2. The first-order chi connectivity index (χ1) is 17.5. The molecular weight excluding hydrogens is 484 g/mol. The van der Waals surface area contributed by atoms with Crippen LogP contribution in [0.4, 0.5) is 0 Å². The average Bonchev–Trinajstić information content (AvgIpc) is 3.48. The van der Waals surface area contributed by atoms with Gasteiger partial charge in [-0.1, -0.05) is 40.2 Å². The van der Waals surface area contributed by atoms with Crippen LogP contribution >= 0.6 is 11.6 Å². The fraction of sp³-hybridized carbons (Fsp3) is 0.250. The van der Waals surface area contributed by atoms with Crippen LogP contribution in [0.15, 0.2) is 54.7 Å². The maximum atomic E-state index is 13.8. The number of rotatable bonds is 2. The summed E-state index contributed by atoms with van der Waals surface area (Å²) in [6, 6.07) is 14.6. The molecule has 2 aromatic carbocycles. The van der Waals surface area contributed by atoms with Crippen LogP contribution in [0.3, 0.4) is 0 Å². The lowest BCUT2D eigenvalue weighted by Crippen LogP contribution is -2.33. The van der Waals surface area contributed by atoms with Crippen LogP contribution in [0.5, 0.6) is 5.75 Å². The van der Waals surface area contributed by atoms with Crippen LogP contribution in [0.2, 0.25) is 5.02 Å². The molecule has 0 fully saturated rings. The largest absolute Gasteiger partial charge is 0.491 e. The van der Waals surface area contributed by atoms with Gasteiger partial charge in [0.2, 0.25) is 5.91 Å². The molecule has 1 aliphatic rings. The molecule has 0 radical (unpaired) electrons. The van der Waals surface area contributed by atoms with E-state index in [0.717, 1.165) is 11.3 Å². The lowest BCUT2D eigenvalue weighted by Gasteiger charge is -2.23. The molecule has 2 bridgehead atoms. The molecule has 2 aromatic heterocycles. The van der Waals surface area contributed by atoms with Gasteiger partial charge in [-0.3, -0.25) is 9.59 Å². The lowest BCUT2D eigenvalue weighted by atomic mass is 10.1. The van der Waals surface area contributed by atoms with Crippen LogP contribution in [-0.2, 0) is 24.4 Å². The molecular formula is C24H23ClN8O3. The highest BCUT2D eigenvalue weighted by Crippen LogP contribution is 2.23. The number of amides is 2. The Morgan fingerprint density at radius 3 is 2.67 bits per heavy atom. The molecule has 0 aliphatic carbocycles. The minimum atomic E-state index is -0.318. The highest BCUT2D eigenvalue weighted by Gasteiger charge is 2.25. The smallest absolute Gasteiger partial charge is 0.276 e. The highest BCUT2D eigenvalue weighted by atomic mass is 35.5. The van der Waals surface area contributed by atoms with E-state index in [1.165, 1.54) is 4.68 Å². The van der Waals surface area contributed by atoms with E-state index in [-0.39, 0.29) is 43.7 Å². The van der Waals surface area contributed by atoms with Crippen molar-refractivity contribution in [3.63, 3.8) is 0 Å². The Kier molecular flexibility index (Phi) is 6.63. The molecule has 2 amide bonds. The normalized spacial score (nSPS) is 14.4. The van der Waals surface area contributed by atoms with Gasteiger partial charge in [0, 0.05) is 10.6 Å². The number of carbonyl (C=O) groups excluding carboxylic acids is 2. The predicted octanol–water partition coefficient (Wildman–Crippen LogP) is 2.17. The fourth-order valence-electron chi connectivity index (χ4n) is 3.92. The molecule has 1 N–H and O–H groups in total. The number of ether oxygens (including phenoxy) is 1. The Balaban J connectivity index is 1.49. The summed E-state index contributed by atoms with van der Waals surface area (Å²) in [5.41, 5.74) is 2.89. The van der Waals surface area contributed by atoms with Gasteiger partial charge in [0.05, 0.1) is 37.2 Å². The third kappa shape index (κ3) is 5.05. The summed E-state index contributed by atoms with van der Waals surface area (Å²) in [5.74, 6) is 0.108. The van der Waals surface area contributed by atoms with Crippen molar-refractivity contribution in [2.24, 2.45) is 0 Å². The first-order valence-corrected chi connectivity index (χ1v) is 11.7. The molecule has 0 unspecified atom stereocenters. The first kappa shape index (κ1) is 23.5. The summed E-state index contributed by atoms with van der Waals surface area (Å²) < 4.78 is 8.95. The van der Waals surface area contributed by atoms with Crippen molar-refractivity contribution in [1.82, 2.24) is 40.2 Å². The predicted molar refractivity (Wildman–Crippen MR) is 130 cm³/mol. The minimum Gasteiger partial charge on any atom is -0.491 e. The summed E-state index contributed by atoms with van der Waals surface area (Å²) in [6.07, 6.45) is 1.66. The number of halogens is 1. The molecule has 0 atom stereocenters. The number of hydrogen-bond donors (Lipinski definition) is 1. The van der Waals surface area contributed by atoms with Crippen LogP contribution in [-0.4, -0.2) is 59.9 Å². The van der Waals surface area contributed by atoms with Crippen molar-refractivity contribution >= 4 is 23.4 Å². The van der Waals surface area contributed by atoms with E-state index in [1.807, 2.05) is 36.4 Å². The van der Waals surface area contributed by atoms with Gasteiger partial charge in [-0.05, 0) is 37.3 Å². The zero-order valence-electron chi connectivity index (χ0n) is 19.5. The molecule has 36 heavy (non-hydrogen) atoms. The SMILES string of the molecule is Cc1c(C(=O)N2Cc3cn(nn3)CC(=O)NCCOc3ccccc3C2)nnn1-c1ccc(Cl)cc1. The van der Waals surface area contributed by atoms with Crippen molar-refractivity contribution in [3.05, 3.63) is 82.4 Å². The van der Waals surface area contributed by atoms with E-state index < -0.39 is 0 Å². The van der Waals surface area contributed by atoms with E-state index in [4.69, 9.17) is 16.3 Å². The average molecular weight is 507 g/mol. The second kappa shape index (κ2) is 10.2. The molecule has 12 heteroatoms. The van der Waals surface area contributed by atoms with Crippen molar-refractivity contribution in [2.75, 3.05) is 13.2 Å². The maximum absolute atomic E-state index is 13.8. The monoisotopic (exact) mass is 506 g/mol.